The van der Waals surface area contributed by atoms with Crippen molar-refractivity contribution in [3.63, 3.8) is 0 Å². The summed E-state index contributed by atoms with van der Waals surface area (Å²) in [6, 6.07) is 8.38. The summed E-state index contributed by atoms with van der Waals surface area (Å²) in [4.78, 5) is 27.6. The van der Waals surface area contributed by atoms with Gasteiger partial charge in [0.25, 0.3) is 5.91 Å². The van der Waals surface area contributed by atoms with E-state index in [0.717, 1.165) is 49.1 Å². The molecule has 2 aromatic rings. The maximum Gasteiger partial charge on any atom is 0.336 e. The summed E-state index contributed by atoms with van der Waals surface area (Å²) in [5, 5.41) is 4.60. The molecule has 1 N–H and O–H groups in total. The lowest BCUT2D eigenvalue weighted by Gasteiger charge is -2.57. The van der Waals surface area contributed by atoms with Crippen LogP contribution < -0.4 is 15.7 Å². The molecule has 4 saturated carbocycles. The van der Waals surface area contributed by atoms with E-state index in [1.807, 2.05) is 30.0 Å². The van der Waals surface area contributed by atoms with Gasteiger partial charge in [-0.2, -0.15) is 0 Å². The Labute approximate surface area is 200 Å². The fraction of sp³-hybridized carbons (Fsp3) is 0.643. The molecule has 1 amide bonds. The summed E-state index contributed by atoms with van der Waals surface area (Å²) in [5.74, 6) is 3.04. The molecule has 1 aromatic heterocycles. The van der Waals surface area contributed by atoms with Gasteiger partial charge < -0.3 is 19.4 Å². The summed E-state index contributed by atoms with van der Waals surface area (Å²) in [5.41, 5.74) is 1.60. The van der Waals surface area contributed by atoms with Crippen LogP contribution in [0, 0.1) is 17.8 Å². The molecule has 3 heterocycles. The molecule has 0 spiro atoms. The summed E-state index contributed by atoms with van der Waals surface area (Å²) in [6.07, 6.45) is 9.42. The first-order chi connectivity index (χ1) is 16.4. The van der Waals surface area contributed by atoms with Crippen LogP contribution in [0.4, 0.5) is 0 Å². The van der Waals surface area contributed by atoms with E-state index in [0.29, 0.717) is 23.4 Å². The van der Waals surface area contributed by atoms with Gasteiger partial charge in [0.15, 0.2) is 6.10 Å². The van der Waals surface area contributed by atoms with Crippen molar-refractivity contribution in [2.24, 2.45) is 17.8 Å². The third-order valence-electron chi connectivity index (χ3n) is 9.51. The number of nitrogens with zero attached hydrogens (tertiary/aromatic N) is 1. The second-order valence-electron chi connectivity index (χ2n) is 12.0. The fourth-order valence-corrected chi connectivity index (χ4v) is 8.58. The second kappa shape index (κ2) is 7.58. The van der Waals surface area contributed by atoms with Crippen LogP contribution in [0.25, 0.3) is 11.0 Å². The Hall–Kier alpha value is -2.34. The van der Waals surface area contributed by atoms with Crippen LogP contribution in [0.5, 0.6) is 5.75 Å². The first-order valence-corrected chi connectivity index (χ1v) is 13.2. The summed E-state index contributed by atoms with van der Waals surface area (Å²) >= 11 is 0. The minimum atomic E-state index is -0.576. The lowest BCUT2D eigenvalue weighted by molar-refractivity contribution is -0.139. The Balaban J connectivity index is 1.16. The fourth-order valence-electron chi connectivity index (χ4n) is 8.58. The molecule has 34 heavy (non-hydrogen) atoms. The molecular weight excluding hydrogens is 428 g/mol. The molecule has 6 heteroatoms. The smallest absolute Gasteiger partial charge is 0.336 e. The second-order valence-corrected chi connectivity index (χ2v) is 12.0. The minimum absolute atomic E-state index is 0.0299. The quantitative estimate of drug-likeness (QED) is 0.696. The first-order valence-electron chi connectivity index (χ1n) is 13.2. The van der Waals surface area contributed by atoms with Crippen LogP contribution >= 0.6 is 0 Å². The molecule has 6 aliphatic rings. The Morgan fingerprint density at radius 2 is 1.71 bits per heavy atom. The molecular formula is C28H34N2O4. The van der Waals surface area contributed by atoms with E-state index in [1.54, 1.807) is 6.07 Å². The van der Waals surface area contributed by atoms with E-state index in [4.69, 9.17) is 9.15 Å². The highest BCUT2D eigenvalue weighted by molar-refractivity contribution is 5.84. The highest BCUT2D eigenvalue weighted by Crippen LogP contribution is 2.61. The Kier molecular flexibility index (Phi) is 4.68. The van der Waals surface area contributed by atoms with Crippen LogP contribution in [0.2, 0.25) is 0 Å². The molecule has 4 aliphatic carbocycles. The van der Waals surface area contributed by atoms with Gasteiger partial charge in [-0.15, -0.1) is 0 Å². The molecule has 8 rings (SSSR count). The van der Waals surface area contributed by atoms with E-state index < -0.39 is 6.10 Å². The molecule has 2 saturated heterocycles. The number of hydrogen-bond donors (Lipinski definition) is 1. The number of benzene rings is 1. The number of ether oxygens (including phenoxy) is 1. The average molecular weight is 463 g/mol. The number of carbonyl (C=O) groups excluding carboxylic acids is 1. The van der Waals surface area contributed by atoms with Gasteiger partial charge in [-0.3, -0.25) is 4.79 Å². The topological polar surface area (TPSA) is 71.8 Å². The Morgan fingerprint density at radius 1 is 1.06 bits per heavy atom. The standard InChI is InChI=1S/C28H34N2O4/c1-16(27(32)30-14-20-2-3-21(15-30)29-20)33-22-4-5-23-24(10-26(31)34-25(23)9-22)28-11-17-6-18(12-28)8-19(7-17)13-28/h4-5,9-10,16-21,29H,2-3,6-8,11-15H2,1H3/t16-,17?,18?,19?,20?,21?,28?/m1/s1. The lowest BCUT2D eigenvalue weighted by Crippen LogP contribution is -2.55. The molecule has 180 valence electrons. The zero-order valence-corrected chi connectivity index (χ0v) is 19.9. The van der Waals surface area contributed by atoms with Gasteiger partial charge in [0, 0.05) is 42.7 Å². The number of amides is 1. The number of hydrogen-bond acceptors (Lipinski definition) is 5. The number of piperazine rings is 1. The predicted molar refractivity (Wildman–Crippen MR) is 129 cm³/mol. The maximum absolute atomic E-state index is 13.1. The van der Waals surface area contributed by atoms with Gasteiger partial charge >= 0.3 is 5.63 Å². The van der Waals surface area contributed by atoms with Crippen LogP contribution in [-0.4, -0.2) is 42.1 Å². The molecule has 0 radical (unpaired) electrons. The molecule has 2 aliphatic heterocycles. The van der Waals surface area contributed by atoms with Crippen LogP contribution in [-0.2, 0) is 10.2 Å². The van der Waals surface area contributed by atoms with Crippen LogP contribution in [0.1, 0.15) is 63.9 Å². The largest absolute Gasteiger partial charge is 0.481 e. The van der Waals surface area contributed by atoms with Crippen molar-refractivity contribution in [1.82, 2.24) is 10.2 Å². The molecule has 1 aromatic carbocycles. The highest BCUT2D eigenvalue weighted by atomic mass is 16.5. The monoisotopic (exact) mass is 462 g/mol. The van der Waals surface area contributed by atoms with Gasteiger partial charge in [-0.05, 0) is 99.2 Å². The van der Waals surface area contributed by atoms with Crippen molar-refractivity contribution >= 4 is 16.9 Å². The summed E-state index contributed by atoms with van der Waals surface area (Å²) in [7, 11) is 0. The van der Waals surface area contributed by atoms with Gasteiger partial charge in [-0.1, -0.05) is 0 Å². The van der Waals surface area contributed by atoms with E-state index in [-0.39, 0.29) is 16.9 Å². The number of nitrogens with one attached hydrogen (secondary N) is 1. The van der Waals surface area contributed by atoms with Crippen LogP contribution in [0.3, 0.4) is 0 Å². The van der Waals surface area contributed by atoms with Crippen LogP contribution in [0.15, 0.2) is 33.5 Å². The molecule has 2 unspecified atom stereocenters. The van der Waals surface area contributed by atoms with E-state index >= 15 is 0 Å². The van der Waals surface area contributed by atoms with Crippen molar-refractivity contribution in [2.75, 3.05) is 13.1 Å². The van der Waals surface area contributed by atoms with E-state index in [9.17, 15) is 9.59 Å². The number of carbonyl (C=O) groups is 1. The van der Waals surface area contributed by atoms with E-state index in [2.05, 4.69) is 5.32 Å². The zero-order valence-electron chi connectivity index (χ0n) is 19.9. The normalized spacial score (nSPS) is 36.7. The first kappa shape index (κ1) is 21.0. The highest BCUT2D eigenvalue weighted by Gasteiger charge is 2.52. The lowest BCUT2D eigenvalue weighted by atomic mass is 9.48. The van der Waals surface area contributed by atoms with Crippen molar-refractivity contribution < 1.29 is 13.9 Å². The number of fused-ring (bicyclic) bond motifs is 3. The third kappa shape index (κ3) is 3.40. The zero-order chi connectivity index (χ0) is 23.0. The molecule has 3 atom stereocenters. The van der Waals surface area contributed by atoms with Crippen molar-refractivity contribution in [1.29, 1.82) is 0 Å². The Morgan fingerprint density at radius 3 is 2.35 bits per heavy atom. The van der Waals surface area contributed by atoms with Crippen molar-refractivity contribution in [3.8, 4) is 5.75 Å². The SMILES string of the molecule is C[C@@H](Oc1ccc2c(C34CC5CC(CC(C5)C3)C4)cc(=O)oc2c1)C(=O)N1CC2CCC(C1)N2. The molecule has 6 fully saturated rings. The minimum Gasteiger partial charge on any atom is -0.481 e. The third-order valence-corrected chi connectivity index (χ3v) is 9.51. The van der Waals surface area contributed by atoms with Gasteiger partial charge in [0.1, 0.15) is 11.3 Å². The molecule has 6 bridgehead atoms. The summed E-state index contributed by atoms with van der Waals surface area (Å²) < 4.78 is 11.7. The number of likely N-dealkylation sites (tertiary alicyclic amines) is 1. The van der Waals surface area contributed by atoms with Crippen molar-refractivity contribution in [2.45, 2.75) is 81.9 Å². The van der Waals surface area contributed by atoms with Gasteiger partial charge in [0.2, 0.25) is 0 Å². The average Bonchev–Trinajstić information content (AvgIpc) is 3.14. The summed E-state index contributed by atoms with van der Waals surface area (Å²) in [6.45, 7) is 3.33. The van der Waals surface area contributed by atoms with Gasteiger partial charge in [0.05, 0.1) is 0 Å². The maximum atomic E-state index is 13.1. The van der Waals surface area contributed by atoms with Crippen molar-refractivity contribution in [3.05, 3.63) is 40.2 Å². The van der Waals surface area contributed by atoms with Gasteiger partial charge in [-0.25, -0.2) is 4.79 Å². The van der Waals surface area contributed by atoms with E-state index in [1.165, 1.54) is 44.1 Å². The molecule has 6 nitrogen and oxygen atoms in total. The number of rotatable bonds is 4. The Bertz CT molecular complexity index is 1160. The predicted octanol–water partition coefficient (Wildman–Crippen LogP) is 3.99.